The fourth-order valence-electron chi connectivity index (χ4n) is 1.29. The first-order chi connectivity index (χ1) is 6.37. The molecule has 0 aliphatic carbocycles. The van der Waals surface area contributed by atoms with Crippen LogP contribution >= 0.6 is 27.3 Å². The van der Waals surface area contributed by atoms with Crippen molar-refractivity contribution in [2.75, 3.05) is 0 Å². The highest BCUT2D eigenvalue weighted by atomic mass is 79.9. The molecule has 1 aromatic heterocycles. The van der Waals surface area contributed by atoms with Gasteiger partial charge in [0, 0.05) is 27.6 Å². The van der Waals surface area contributed by atoms with Gasteiger partial charge in [-0.05, 0) is 27.4 Å². The van der Waals surface area contributed by atoms with Crippen molar-refractivity contribution < 1.29 is 4.79 Å². The summed E-state index contributed by atoms with van der Waals surface area (Å²) < 4.78 is 1.07. The molecule has 0 aliphatic heterocycles. The number of carbonyl (C=O) groups is 1. The Labute approximate surface area is 97.7 Å². The van der Waals surface area contributed by atoms with Gasteiger partial charge in [-0.3, -0.25) is 4.79 Å². The lowest BCUT2D eigenvalue weighted by Gasteiger charge is -2.16. The summed E-state index contributed by atoms with van der Waals surface area (Å²) in [6.45, 7) is 6.28. The van der Waals surface area contributed by atoms with E-state index in [1.807, 2.05) is 11.4 Å². The number of halogens is 1. The van der Waals surface area contributed by atoms with E-state index in [-0.39, 0.29) is 5.41 Å². The number of carbonyl (C=O) groups excluding carboxylic acids is 1. The van der Waals surface area contributed by atoms with Gasteiger partial charge < -0.3 is 0 Å². The standard InChI is InChI=1S/C11H15BrOS/c1-11(2,3)6-9(13)5-10-4-8(12)7-14-10/h4,7H,5-6H2,1-3H3. The van der Waals surface area contributed by atoms with Crippen LogP contribution in [0.5, 0.6) is 0 Å². The van der Waals surface area contributed by atoms with Gasteiger partial charge in [0.2, 0.25) is 0 Å². The molecule has 1 rings (SSSR count). The third kappa shape index (κ3) is 4.38. The molecule has 3 heteroatoms. The Morgan fingerprint density at radius 1 is 1.50 bits per heavy atom. The second kappa shape index (κ2) is 4.58. The summed E-state index contributed by atoms with van der Waals surface area (Å²) in [5.74, 6) is 0.326. The molecule has 0 aliphatic rings. The van der Waals surface area contributed by atoms with Crippen LogP contribution in [0, 0.1) is 5.41 Å². The number of ketones is 1. The minimum absolute atomic E-state index is 0.103. The van der Waals surface area contributed by atoms with E-state index in [1.165, 1.54) is 0 Å². The maximum Gasteiger partial charge on any atom is 0.138 e. The van der Waals surface area contributed by atoms with Crippen LogP contribution < -0.4 is 0 Å². The fraction of sp³-hybridized carbons (Fsp3) is 0.545. The van der Waals surface area contributed by atoms with Crippen molar-refractivity contribution in [3.63, 3.8) is 0 Å². The molecule has 0 N–H and O–H groups in total. The Hall–Kier alpha value is -0.150. The van der Waals surface area contributed by atoms with Crippen LogP contribution in [0.1, 0.15) is 32.1 Å². The van der Waals surface area contributed by atoms with Gasteiger partial charge in [0.25, 0.3) is 0 Å². The van der Waals surface area contributed by atoms with E-state index >= 15 is 0 Å². The van der Waals surface area contributed by atoms with Crippen molar-refractivity contribution in [1.29, 1.82) is 0 Å². The first-order valence-corrected chi connectivity index (χ1v) is 6.29. The average Bonchev–Trinajstić information content (AvgIpc) is 2.30. The SMILES string of the molecule is CC(C)(C)CC(=O)Cc1cc(Br)cs1. The van der Waals surface area contributed by atoms with E-state index < -0.39 is 0 Å². The van der Waals surface area contributed by atoms with Crippen molar-refractivity contribution in [2.24, 2.45) is 5.41 Å². The second-order valence-corrected chi connectivity index (χ2v) is 6.60. The van der Waals surface area contributed by atoms with Crippen molar-refractivity contribution in [2.45, 2.75) is 33.6 Å². The lowest BCUT2D eigenvalue weighted by molar-refractivity contribution is -0.120. The highest BCUT2D eigenvalue weighted by Crippen LogP contribution is 2.23. The number of hydrogen-bond donors (Lipinski definition) is 0. The van der Waals surface area contributed by atoms with Crippen LogP contribution in [0.3, 0.4) is 0 Å². The largest absolute Gasteiger partial charge is 0.299 e. The van der Waals surface area contributed by atoms with Crippen molar-refractivity contribution in [3.05, 3.63) is 20.8 Å². The zero-order chi connectivity index (χ0) is 10.8. The van der Waals surface area contributed by atoms with Crippen LogP contribution in [0.15, 0.2) is 15.9 Å². The van der Waals surface area contributed by atoms with E-state index in [9.17, 15) is 4.79 Å². The van der Waals surface area contributed by atoms with Crippen LogP contribution in [0.4, 0.5) is 0 Å². The summed E-state index contributed by atoms with van der Waals surface area (Å²) in [6, 6.07) is 2.02. The zero-order valence-electron chi connectivity index (χ0n) is 8.76. The number of Topliss-reactive ketones (excluding diaryl/α,β-unsaturated/α-hetero) is 1. The molecule has 1 nitrogen and oxygen atoms in total. The van der Waals surface area contributed by atoms with Gasteiger partial charge in [0.05, 0.1) is 0 Å². The fourth-order valence-corrected chi connectivity index (χ4v) is 2.77. The van der Waals surface area contributed by atoms with Crippen LogP contribution in [-0.4, -0.2) is 5.78 Å². The molecular weight excluding hydrogens is 260 g/mol. The summed E-state index contributed by atoms with van der Waals surface area (Å²) >= 11 is 5.02. The monoisotopic (exact) mass is 274 g/mol. The first kappa shape index (κ1) is 11.9. The van der Waals surface area contributed by atoms with Gasteiger partial charge in [-0.25, -0.2) is 0 Å². The van der Waals surface area contributed by atoms with E-state index in [4.69, 9.17) is 0 Å². The van der Waals surface area contributed by atoms with E-state index in [1.54, 1.807) is 11.3 Å². The first-order valence-electron chi connectivity index (χ1n) is 4.61. The number of hydrogen-bond acceptors (Lipinski definition) is 2. The third-order valence-corrected chi connectivity index (χ3v) is 3.42. The van der Waals surface area contributed by atoms with Crippen molar-refractivity contribution >= 4 is 33.0 Å². The van der Waals surface area contributed by atoms with Gasteiger partial charge in [0.1, 0.15) is 5.78 Å². The molecule has 0 radical (unpaired) electrons. The Kier molecular flexibility index (Phi) is 3.90. The number of thiophene rings is 1. The molecule has 0 bridgehead atoms. The molecule has 1 heterocycles. The molecule has 1 aromatic rings. The predicted molar refractivity (Wildman–Crippen MR) is 64.8 cm³/mol. The van der Waals surface area contributed by atoms with Crippen LogP contribution in [0.25, 0.3) is 0 Å². The summed E-state index contributed by atoms with van der Waals surface area (Å²) in [4.78, 5) is 12.8. The molecule has 78 valence electrons. The molecule has 0 saturated carbocycles. The maximum atomic E-state index is 11.6. The van der Waals surface area contributed by atoms with Gasteiger partial charge in [-0.15, -0.1) is 11.3 Å². The zero-order valence-corrected chi connectivity index (χ0v) is 11.2. The van der Waals surface area contributed by atoms with E-state index in [0.717, 1.165) is 9.35 Å². The Balaban J connectivity index is 2.50. The Bertz CT molecular complexity index is 322. The van der Waals surface area contributed by atoms with Crippen LogP contribution in [-0.2, 0) is 11.2 Å². The van der Waals surface area contributed by atoms with Gasteiger partial charge in [-0.1, -0.05) is 20.8 Å². The number of rotatable bonds is 3. The van der Waals surface area contributed by atoms with Crippen molar-refractivity contribution in [3.8, 4) is 0 Å². The molecule has 0 saturated heterocycles. The average molecular weight is 275 g/mol. The maximum absolute atomic E-state index is 11.6. The third-order valence-electron chi connectivity index (χ3n) is 1.72. The van der Waals surface area contributed by atoms with Crippen molar-refractivity contribution in [1.82, 2.24) is 0 Å². The Morgan fingerprint density at radius 3 is 2.57 bits per heavy atom. The summed E-state index contributed by atoms with van der Waals surface area (Å²) in [6.07, 6.45) is 1.23. The molecule has 0 spiro atoms. The smallest absolute Gasteiger partial charge is 0.138 e. The molecule has 0 fully saturated rings. The van der Waals surface area contributed by atoms with Gasteiger partial charge >= 0.3 is 0 Å². The molecule has 0 atom stereocenters. The molecule has 0 aromatic carbocycles. The van der Waals surface area contributed by atoms with Crippen LogP contribution in [0.2, 0.25) is 0 Å². The summed E-state index contributed by atoms with van der Waals surface area (Å²) in [7, 11) is 0. The van der Waals surface area contributed by atoms with Gasteiger partial charge in [-0.2, -0.15) is 0 Å². The predicted octanol–water partition coefficient (Wildman–Crippen LogP) is 4.06. The topological polar surface area (TPSA) is 17.1 Å². The molecular formula is C11H15BrOS. The lowest BCUT2D eigenvalue weighted by atomic mass is 9.89. The molecule has 0 amide bonds. The minimum atomic E-state index is 0.103. The van der Waals surface area contributed by atoms with E-state index in [0.29, 0.717) is 18.6 Å². The van der Waals surface area contributed by atoms with Gasteiger partial charge in [0.15, 0.2) is 0 Å². The Morgan fingerprint density at radius 2 is 2.14 bits per heavy atom. The molecule has 14 heavy (non-hydrogen) atoms. The lowest BCUT2D eigenvalue weighted by Crippen LogP contribution is -2.14. The normalized spacial score (nSPS) is 11.7. The highest BCUT2D eigenvalue weighted by molar-refractivity contribution is 9.10. The summed E-state index contributed by atoms with van der Waals surface area (Å²) in [5.41, 5.74) is 0.103. The summed E-state index contributed by atoms with van der Waals surface area (Å²) in [5, 5.41) is 2.01. The molecule has 0 unspecified atom stereocenters. The minimum Gasteiger partial charge on any atom is -0.299 e. The quantitative estimate of drug-likeness (QED) is 0.813. The van der Waals surface area contributed by atoms with E-state index in [2.05, 4.69) is 36.7 Å². The second-order valence-electron chi connectivity index (χ2n) is 4.68. The highest BCUT2D eigenvalue weighted by Gasteiger charge is 2.16.